The van der Waals surface area contributed by atoms with Gasteiger partial charge in [0.05, 0.1) is 35.8 Å². The van der Waals surface area contributed by atoms with Crippen molar-refractivity contribution in [2.75, 3.05) is 0 Å². The molecule has 9 nitrogen and oxygen atoms in total. The number of aromatic nitrogens is 5. The van der Waals surface area contributed by atoms with Crippen LogP contribution in [-0.2, 0) is 12.7 Å². The quantitative estimate of drug-likeness (QED) is 0.442. The average molecular weight is 501 g/mol. The Balaban J connectivity index is 1.77. The van der Waals surface area contributed by atoms with Crippen LogP contribution >= 0.6 is 11.6 Å². The molecule has 0 radical (unpaired) electrons. The Morgan fingerprint density at radius 2 is 1.89 bits per heavy atom. The molecule has 3 heterocycles. The van der Waals surface area contributed by atoms with Gasteiger partial charge in [-0.2, -0.15) is 23.5 Å². The molecule has 0 aliphatic rings. The fourth-order valence-electron chi connectivity index (χ4n) is 3.13. The summed E-state index contributed by atoms with van der Waals surface area (Å²) in [6, 6.07) is 9.94. The summed E-state index contributed by atoms with van der Waals surface area (Å²) in [6.07, 6.45) is -1.34. The van der Waals surface area contributed by atoms with Crippen molar-refractivity contribution >= 4 is 11.6 Å². The molecule has 0 fully saturated rings. The van der Waals surface area contributed by atoms with Crippen LogP contribution in [0.4, 0.5) is 13.2 Å². The summed E-state index contributed by atoms with van der Waals surface area (Å²) in [7, 11) is 0. The van der Waals surface area contributed by atoms with Gasteiger partial charge in [-0.1, -0.05) is 11.6 Å². The zero-order valence-electron chi connectivity index (χ0n) is 17.4. The predicted octanol–water partition coefficient (Wildman–Crippen LogP) is 3.77. The third kappa shape index (κ3) is 5.20. The first kappa shape index (κ1) is 23.7. The van der Waals surface area contributed by atoms with Crippen LogP contribution in [0.2, 0.25) is 5.02 Å². The van der Waals surface area contributed by atoms with Crippen molar-refractivity contribution in [3.05, 3.63) is 97.8 Å². The number of hydrogen-bond acceptors (Lipinski definition) is 7. The van der Waals surface area contributed by atoms with Gasteiger partial charge in [0.1, 0.15) is 5.75 Å². The minimum absolute atomic E-state index is 0.0198. The molecular formula is C22H12ClF3N6O3. The van der Waals surface area contributed by atoms with Gasteiger partial charge in [0.2, 0.25) is 5.75 Å². The van der Waals surface area contributed by atoms with Crippen molar-refractivity contribution in [2.45, 2.75) is 12.7 Å². The lowest BCUT2D eigenvalue weighted by molar-refractivity contribution is -0.142. The van der Waals surface area contributed by atoms with Gasteiger partial charge in [-0.25, -0.2) is 10.1 Å². The van der Waals surface area contributed by atoms with Gasteiger partial charge in [0.25, 0.3) is 11.1 Å². The van der Waals surface area contributed by atoms with E-state index in [9.17, 15) is 22.8 Å². The van der Waals surface area contributed by atoms with Crippen molar-refractivity contribution in [1.29, 1.82) is 5.26 Å². The summed E-state index contributed by atoms with van der Waals surface area (Å²) in [5.74, 6) is -1.36. The Morgan fingerprint density at radius 1 is 1.14 bits per heavy atom. The molecule has 1 N–H and O–H groups in total. The molecule has 0 aliphatic carbocycles. The van der Waals surface area contributed by atoms with Gasteiger partial charge in [-0.05, 0) is 42.0 Å². The van der Waals surface area contributed by atoms with Crippen molar-refractivity contribution in [2.24, 2.45) is 0 Å². The van der Waals surface area contributed by atoms with Crippen LogP contribution in [0.15, 0.2) is 64.7 Å². The van der Waals surface area contributed by atoms with Crippen LogP contribution in [0, 0.1) is 11.3 Å². The fourth-order valence-corrected chi connectivity index (χ4v) is 3.35. The molecule has 4 aromatic rings. The second-order valence-electron chi connectivity index (χ2n) is 7.08. The number of alkyl halides is 3. The maximum atomic E-state index is 13.6. The van der Waals surface area contributed by atoms with E-state index in [1.54, 1.807) is 18.2 Å². The van der Waals surface area contributed by atoms with Crippen molar-refractivity contribution in [3.8, 4) is 28.7 Å². The Kier molecular flexibility index (Phi) is 6.35. The predicted molar refractivity (Wildman–Crippen MR) is 117 cm³/mol. The molecule has 0 spiro atoms. The van der Waals surface area contributed by atoms with Crippen LogP contribution < -0.4 is 15.9 Å². The Morgan fingerprint density at radius 3 is 2.57 bits per heavy atom. The Labute approximate surface area is 199 Å². The van der Waals surface area contributed by atoms with E-state index >= 15 is 0 Å². The highest BCUT2D eigenvalue weighted by molar-refractivity contribution is 6.30. The fraction of sp³-hybridized carbons (Fsp3) is 0.0909. The second-order valence-corrected chi connectivity index (χ2v) is 7.52. The van der Waals surface area contributed by atoms with Gasteiger partial charge in [0, 0.05) is 17.4 Å². The maximum Gasteiger partial charge on any atom is 0.437 e. The zero-order chi connectivity index (χ0) is 25.2. The number of nitrogens with one attached hydrogen (secondary N) is 1. The van der Waals surface area contributed by atoms with Gasteiger partial charge >= 0.3 is 6.18 Å². The molecule has 0 unspecified atom stereocenters. The smallest absolute Gasteiger partial charge is 0.437 e. The average Bonchev–Trinajstić information content (AvgIpc) is 2.82. The summed E-state index contributed by atoms with van der Waals surface area (Å²) in [6.45, 7) is -0.325. The van der Waals surface area contributed by atoms with Crippen LogP contribution in [0.3, 0.4) is 0 Å². The zero-order valence-corrected chi connectivity index (χ0v) is 18.1. The van der Waals surface area contributed by atoms with Crippen LogP contribution in [0.25, 0.3) is 11.1 Å². The minimum atomic E-state index is -5.00. The molecule has 0 amide bonds. The summed E-state index contributed by atoms with van der Waals surface area (Å²) in [4.78, 5) is 32.4. The molecule has 0 saturated carbocycles. The topological polar surface area (TPSA) is 127 Å². The third-order valence-corrected chi connectivity index (χ3v) is 4.88. The lowest BCUT2D eigenvalue weighted by Crippen LogP contribution is -2.27. The van der Waals surface area contributed by atoms with E-state index in [1.807, 2.05) is 0 Å². The molecule has 4 rings (SSSR count). The van der Waals surface area contributed by atoms with Crippen molar-refractivity contribution in [1.82, 2.24) is 24.7 Å². The molecule has 0 saturated heterocycles. The lowest BCUT2D eigenvalue weighted by Gasteiger charge is -2.15. The first-order valence-electron chi connectivity index (χ1n) is 9.70. The third-order valence-electron chi connectivity index (χ3n) is 4.67. The number of pyridine rings is 1. The van der Waals surface area contributed by atoms with E-state index < -0.39 is 28.7 Å². The highest BCUT2D eigenvalue weighted by Crippen LogP contribution is 2.35. The molecule has 0 aliphatic heterocycles. The molecule has 3 aromatic heterocycles. The maximum absolute atomic E-state index is 13.6. The molecule has 35 heavy (non-hydrogen) atoms. The van der Waals surface area contributed by atoms with Crippen LogP contribution in [-0.4, -0.2) is 24.7 Å². The van der Waals surface area contributed by atoms with E-state index in [4.69, 9.17) is 21.6 Å². The lowest BCUT2D eigenvalue weighted by atomic mass is 10.1. The Hall–Kier alpha value is -4.50. The van der Waals surface area contributed by atoms with E-state index in [0.29, 0.717) is 11.9 Å². The molecule has 0 atom stereocenters. The highest BCUT2D eigenvalue weighted by Gasteiger charge is 2.38. The largest absolute Gasteiger partial charge is 0.449 e. The molecular weight excluding hydrogens is 489 g/mol. The van der Waals surface area contributed by atoms with Gasteiger partial charge in [-0.15, -0.1) is 0 Å². The molecule has 176 valence electrons. The number of hydrogen-bond donors (Lipinski definition) is 1. The number of nitrogens with zero attached hydrogens (tertiary/aromatic N) is 5. The summed E-state index contributed by atoms with van der Waals surface area (Å²) in [5.41, 5.74) is -2.28. The SMILES string of the molecule is N#Cc1cc(Cl)cc(Oc2c(C(F)(F)F)ncn(Cc3cc(-c4ccncc4)c(=O)[nH]n3)c2=O)c1. The summed E-state index contributed by atoms with van der Waals surface area (Å²) < 4.78 is 46.8. The van der Waals surface area contributed by atoms with E-state index in [1.165, 1.54) is 24.5 Å². The highest BCUT2D eigenvalue weighted by atomic mass is 35.5. The van der Waals surface area contributed by atoms with E-state index in [2.05, 4.69) is 20.2 Å². The van der Waals surface area contributed by atoms with E-state index in [-0.39, 0.29) is 34.1 Å². The first-order valence-corrected chi connectivity index (χ1v) is 10.1. The summed E-state index contributed by atoms with van der Waals surface area (Å²) >= 11 is 5.89. The standard InChI is InChI=1S/C22H12ClF3N6O3/c23-14-5-12(9-27)6-16(7-14)35-18-19(22(24,25)26)29-11-32(21(18)34)10-15-8-17(20(33)31-30-15)13-1-3-28-4-2-13/h1-8,11H,10H2,(H,31,33). The van der Waals surface area contributed by atoms with Gasteiger partial charge in [0.15, 0.2) is 5.69 Å². The van der Waals surface area contributed by atoms with Crippen molar-refractivity contribution < 1.29 is 17.9 Å². The number of aromatic amines is 1. The number of rotatable bonds is 5. The van der Waals surface area contributed by atoms with Gasteiger partial charge in [-0.3, -0.25) is 19.1 Å². The number of H-pyrrole nitrogens is 1. The number of halogens is 4. The van der Waals surface area contributed by atoms with E-state index in [0.717, 1.165) is 16.7 Å². The van der Waals surface area contributed by atoms with Crippen molar-refractivity contribution in [3.63, 3.8) is 0 Å². The first-order chi connectivity index (χ1) is 16.7. The molecule has 0 bridgehead atoms. The summed E-state index contributed by atoms with van der Waals surface area (Å²) in [5, 5.41) is 15.3. The van der Waals surface area contributed by atoms with Crippen LogP contribution in [0.5, 0.6) is 11.5 Å². The monoisotopic (exact) mass is 500 g/mol. The Bertz CT molecular complexity index is 1560. The minimum Gasteiger partial charge on any atom is -0.449 e. The molecule has 1 aromatic carbocycles. The molecule has 13 heteroatoms. The number of nitriles is 1. The number of ether oxygens (including phenoxy) is 1. The number of benzene rings is 1. The van der Waals surface area contributed by atoms with Gasteiger partial charge < -0.3 is 4.74 Å². The normalized spacial score (nSPS) is 11.2. The second kappa shape index (κ2) is 9.40. The van der Waals surface area contributed by atoms with Crippen LogP contribution in [0.1, 0.15) is 17.0 Å².